The molecule has 0 fully saturated rings. The Balaban J connectivity index is 1.93. The summed E-state index contributed by atoms with van der Waals surface area (Å²) in [6, 6.07) is 15.8. The summed E-state index contributed by atoms with van der Waals surface area (Å²) in [5, 5.41) is 19.3. The number of amides is 1. The molecule has 0 spiro atoms. The van der Waals surface area contributed by atoms with Crippen LogP contribution in [0.25, 0.3) is 6.08 Å². The van der Waals surface area contributed by atoms with E-state index >= 15 is 0 Å². The summed E-state index contributed by atoms with van der Waals surface area (Å²) in [6.07, 6.45) is 2.43. The second kappa shape index (κ2) is 7.43. The number of aromatic hydroxyl groups is 1. The Labute approximate surface area is 129 Å². The summed E-state index contributed by atoms with van der Waals surface area (Å²) >= 11 is 0. The Morgan fingerprint density at radius 3 is 2.41 bits per heavy atom. The fraction of sp³-hybridized carbons (Fsp3) is 0.167. The monoisotopic (exact) mass is 297 g/mol. The number of likely N-dealkylation sites (N-methyl/N-ethyl adjacent to an activating group) is 1. The molecule has 1 atom stereocenters. The van der Waals surface area contributed by atoms with Crippen molar-refractivity contribution in [1.29, 1.82) is 0 Å². The van der Waals surface area contributed by atoms with Gasteiger partial charge in [-0.2, -0.15) is 0 Å². The lowest BCUT2D eigenvalue weighted by atomic mass is 10.1. The second-order valence-electron chi connectivity index (χ2n) is 5.07. The minimum absolute atomic E-state index is 0.145. The third-order valence-electron chi connectivity index (χ3n) is 3.32. The molecule has 2 rings (SSSR count). The molecule has 4 nitrogen and oxygen atoms in total. The highest BCUT2D eigenvalue weighted by Crippen LogP contribution is 2.17. The maximum Gasteiger partial charge on any atom is 0.246 e. The molecule has 0 bridgehead atoms. The number of aliphatic hydroxyl groups excluding tert-OH is 1. The number of aliphatic hydroxyl groups is 1. The van der Waals surface area contributed by atoms with Gasteiger partial charge < -0.3 is 15.1 Å². The van der Waals surface area contributed by atoms with Gasteiger partial charge in [0, 0.05) is 13.1 Å². The minimum Gasteiger partial charge on any atom is -0.508 e. The first-order chi connectivity index (χ1) is 10.6. The van der Waals surface area contributed by atoms with E-state index in [0.29, 0.717) is 5.56 Å². The Hall–Kier alpha value is -2.59. The Bertz CT molecular complexity index is 635. The molecular formula is C18H19NO3. The lowest BCUT2D eigenvalue weighted by Crippen LogP contribution is -2.29. The van der Waals surface area contributed by atoms with Gasteiger partial charge in [-0.25, -0.2) is 0 Å². The SMILES string of the molecule is CN(CC(O)c1ccc(O)cc1)C(=O)/C=C/c1ccccc1. The standard InChI is InChI=1S/C18H19NO3/c1-19(13-17(21)15-8-10-16(20)11-9-15)18(22)12-7-14-5-3-2-4-6-14/h2-12,17,20-21H,13H2,1H3/b12-7+. The summed E-state index contributed by atoms with van der Waals surface area (Å²) in [6.45, 7) is 0.183. The number of benzene rings is 2. The van der Waals surface area contributed by atoms with E-state index in [0.717, 1.165) is 5.56 Å². The topological polar surface area (TPSA) is 60.8 Å². The number of phenolic OH excluding ortho intramolecular Hbond substituents is 1. The van der Waals surface area contributed by atoms with Crippen molar-refractivity contribution in [1.82, 2.24) is 4.90 Å². The predicted octanol–water partition coefficient (Wildman–Crippen LogP) is 2.60. The number of carbonyl (C=O) groups is 1. The van der Waals surface area contributed by atoms with Gasteiger partial charge in [0.25, 0.3) is 0 Å². The van der Waals surface area contributed by atoms with Crippen molar-refractivity contribution in [2.24, 2.45) is 0 Å². The molecule has 1 unspecified atom stereocenters. The smallest absolute Gasteiger partial charge is 0.246 e. The number of phenols is 1. The minimum atomic E-state index is -0.792. The van der Waals surface area contributed by atoms with E-state index in [1.807, 2.05) is 30.3 Å². The molecular weight excluding hydrogens is 278 g/mol. The van der Waals surface area contributed by atoms with Crippen LogP contribution in [0.5, 0.6) is 5.75 Å². The van der Waals surface area contributed by atoms with Crippen LogP contribution in [0.4, 0.5) is 0 Å². The van der Waals surface area contributed by atoms with Gasteiger partial charge in [-0.1, -0.05) is 42.5 Å². The first-order valence-corrected chi connectivity index (χ1v) is 7.01. The van der Waals surface area contributed by atoms with E-state index in [1.54, 1.807) is 25.3 Å². The van der Waals surface area contributed by atoms with Gasteiger partial charge in [0.15, 0.2) is 0 Å². The Morgan fingerprint density at radius 2 is 1.77 bits per heavy atom. The van der Waals surface area contributed by atoms with Crippen LogP contribution in [0, 0.1) is 0 Å². The Kier molecular flexibility index (Phi) is 5.33. The summed E-state index contributed by atoms with van der Waals surface area (Å²) in [4.78, 5) is 13.5. The molecule has 4 heteroatoms. The molecule has 0 aliphatic carbocycles. The Morgan fingerprint density at radius 1 is 1.14 bits per heavy atom. The average molecular weight is 297 g/mol. The second-order valence-corrected chi connectivity index (χ2v) is 5.07. The van der Waals surface area contributed by atoms with Gasteiger partial charge in [-0.3, -0.25) is 4.79 Å². The third kappa shape index (κ3) is 4.46. The van der Waals surface area contributed by atoms with Crippen LogP contribution in [-0.2, 0) is 4.79 Å². The van der Waals surface area contributed by atoms with E-state index in [1.165, 1.54) is 23.1 Å². The van der Waals surface area contributed by atoms with Crippen LogP contribution in [0.1, 0.15) is 17.2 Å². The zero-order chi connectivity index (χ0) is 15.9. The molecule has 0 aromatic heterocycles. The predicted molar refractivity (Wildman–Crippen MR) is 86.2 cm³/mol. The van der Waals surface area contributed by atoms with Gasteiger partial charge >= 0.3 is 0 Å². The molecule has 0 radical (unpaired) electrons. The molecule has 1 amide bonds. The number of rotatable bonds is 5. The molecule has 22 heavy (non-hydrogen) atoms. The molecule has 0 heterocycles. The van der Waals surface area contributed by atoms with Crippen LogP contribution >= 0.6 is 0 Å². The third-order valence-corrected chi connectivity index (χ3v) is 3.32. The molecule has 0 saturated heterocycles. The van der Waals surface area contributed by atoms with Gasteiger partial charge in [0.2, 0.25) is 5.91 Å². The quantitative estimate of drug-likeness (QED) is 0.834. The molecule has 2 aromatic rings. The molecule has 114 valence electrons. The summed E-state index contributed by atoms with van der Waals surface area (Å²) < 4.78 is 0. The van der Waals surface area contributed by atoms with E-state index in [4.69, 9.17) is 0 Å². The largest absolute Gasteiger partial charge is 0.508 e. The van der Waals surface area contributed by atoms with Crippen LogP contribution in [-0.4, -0.2) is 34.6 Å². The van der Waals surface area contributed by atoms with Gasteiger partial charge in [0.05, 0.1) is 12.6 Å². The van der Waals surface area contributed by atoms with Crippen LogP contribution < -0.4 is 0 Å². The van der Waals surface area contributed by atoms with Crippen molar-refractivity contribution in [3.8, 4) is 5.75 Å². The van der Waals surface area contributed by atoms with Crippen LogP contribution in [0.15, 0.2) is 60.7 Å². The van der Waals surface area contributed by atoms with Crippen molar-refractivity contribution < 1.29 is 15.0 Å². The number of nitrogens with zero attached hydrogens (tertiary/aromatic N) is 1. The molecule has 0 saturated carbocycles. The van der Waals surface area contributed by atoms with Crippen LogP contribution in [0.3, 0.4) is 0 Å². The zero-order valence-electron chi connectivity index (χ0n) is 12.4. The zero-order valence-corrected chi connectivity index (χ0v) is 12.4. The van der Waals surface area contributed by atoms with E-state index in [2.05, 4.69) is 0 Å². The highest BCUT2D eigenvalue weighted by atomic mass is 16.3. The summed E-state index contributed by atoms with van der Waals surface area (Å²) in [5.41, 5.74) is 1.60. The number of hydrogen-bond acceptors (Lipinski definition) is 3. The first-order valence-electron chi connectivity index (χ1n) is 7.01. The maximum atomic E-state index is 12.0. The lowest BCUT2D eigenvalue weighted by molar-refractivity contribution is -0.126. The molecule has 0 aliphatic heterocycles. The van der Waals surface area contributed by atoms with Crippen molar-refractivity contribution >= 4 is 12.0 Å². The van der Waals surface area contributed by atoms with Crippen molar-refractivity contribution in [3.63, 3.8) is 0 Å². The highest BCUT2D eigenvalue weighted by molar-refractivity contribution is 5.91. The van der Waals surface area contributed by atoms with E-state index < -0.39 is 6.10 Å². The van der Waals surface area contributed by atoms with Gasteiger partial charge in [0.1, 0.15) is 5.75 Å². The maximum absolute atomic E-state index is 12.0. The lowest BCUT2D eigenvalue weighted by Gasteiger charge is -2.19. The number of hydrogen-bond donors (Lipinski definition) is 2. The van der Waals surface area contributed by atoms with Gasteiger partial charge in [-0.15, -0.1) is 0 Å². The fourth-order valence-corrected chi connectivity index (χ4v) is 2.01. The summed E-state index contributed by atoms with van der Waals surface area (Å²) in [5.74, 6) is -0.0344. The highest BCUT2D eigenvalue weighted by Gasteiger charge is 2.13. The normalized spacial score (nSPS) is 12.3. The molecule has 2 aromatic carbocycles. The van der Waals surface area contributed by atoms with Crippen molar-refractivity contribution in [2.45, 2.75) is 6.10 Å². The average Bonchev–Trinajstić information content (AvgIpc) is 2.54. The van der Waals surface area contributed by atoms with Crippen molar-refractivity contribution in [2.75, 3.05) is 13.6 Å². The fourth-order valence-electron chi connectivity index (χ4n) is 2.01. The number of carbonyl (C=O) groups excluding carboxylic acids is 1. The first kappa shape index (κ1) is 15.8. The van der Waals surface area contributed by atoms with Crippen molar-refractivity contribution in [3.05, 3.63) is 71.8 Å². The summed E-state index contributed by atoms with van der Waals surface area (Å²) in [7, 11) is 1.64. The molecule has 0 aliphatic rings. The van der Waals surface area contributed by atoms with Crippen LogP contribution in [0.2, 0.25) is 0 Å². The van der Waals surface area contributed by atoms with E-state index in [-0.39, 0.29) is 18.2 Å². The van der Waals surface area contributed by atoms with E-state index in [9.17, 15) is 15.0 Å². The van der Waals surface area contributed by atoms with Gasteiger partial charge in [-0.05, 0) is 29.3 Å². The molecule has 2 N–H and O–H groups in total.